The van der Waals surface area contributed by atoms with Crippen LogP contribution in [-0.2, 0) is 32.1 Å². The van der Waals surface area contributed by atoms with Crippen LogP contribution in [0.3, 0.4) is 0 Å². The first-order chi connectivity index (χ1) is 14.4. The summed E-state index contributed by atoms with van der Waals surface area (Å²) in [4.78, 5) is 31.7. The maximum Gasteiger partial charge on any atom is 0.347 e. The highest BCUT2D eigenvalue weighted by atomic mass is 16.7. The Morgan fingerprint density at radius 2 is 1.97 bits per heavy atom. The van der Waals surface area contributed by atoms with Gasteiger partial charge in [-0.05, 0) is 55.6 Å². The highest BCUT2D eigenvalue weighted by Crippen LogP contribution is 2.40. The summed E-state index contributed by atoms with van der Waals surface area (Å²) in [6.07, 6.45) is 0.671. The van der Waals surface area contributed by atoms with Gasteiger partial charge in [-0.25, -0.2) is 4.79 Å². The van der Waals surface area contributed by atoms with Crippen molar-refractivity contribution in [2.45, 2.75) is 32.9 Å². The molecule has 2 aromatic carbocycles. The molecule has 0 aromatic heterocycles. The smallest absolute Gasteiger partial charge is 0.347 e. The van der Waals surface area contributed by atoms with E-state index < -0.39 is 5.97 Å². The van der Waals surface area contributed by atoms with Crippen molar-refractivity contribution in [3.05, 3.63) is 53.1 Å². The number of likely N-dealkylation sites (N-methyl/N-ethyl adjacent to an activating group) is 1. The molecule has 0 radical (unpaired) electrons. The van der Waals surface area contributed by atoms with E-state index in [-0.39, 0.29) is 24.3 Å². The van der Waals surface area contributed by atoms with Crippen LogP contribution < -0.4 is 5.32 Å². The summed E-state index contributed by atoms with van der Waals surface area (Å²) in [5, 5.41) is 6.94. The van der Waals surface area contributed by atoms with Gasteiger partial charge in [0.15, 0.2) is 5.71 Å². The van der Waals surface area contributed by atoms with Crippen molar-refractivity contribution in [2.24, 2.45) is 5.16 Å². The molecular weight excluding hydrogens is 382 g/mol. The van der Waals surface area contributed by atoms with Gasteiger partial charge in [0.1, 0.15) is 0 Å². The number of ether oxygens (including phenoxy) is 1. The van der Waals surface area contributed by atoms with Gasteiger partial charge in [0.25, 0.3) is 5.91 Å². The Kier molecular flexibility index (Phi) is 5.55. The van der Waals surface area contributed by atoms with E-state index in [4.69, 9.17) is 9.57 Å². The Morgan fingerprint density at radius 1 is 1.20 bits per heavy atom. The third-order valence-electron chi connectivity index (χ3n) is 5.22. The Bertz CT molecular complexity index is 1010. The van der Waals surface area contributed by atoms with Crippen LogP contribution in [0, 0.1) is 0 Å². The predicted molar refractivity (Wildman–Crippen MR) is 114 cm³/mol. The van der Waals surface area contributed by atoms with Gasteiger partial charge >= 0.3 is 5.97 Å². The minimum absolute atomic E-state index is 0.176. The second-order valence-electron chi connectivity index (χ2n) is 7.86. The van der Waals surface area contributed by atoms with Crippen molar-refractivity contribution < 1.29 is 19.2 Å². The number of hydrogen-bond acceptors (Lipinski definition) is 6. The van der Waals surface area contributed by atoms with Crippen molar-refractivity contribution in [3.8, 4) is 11.1 Å². The van der Waals surface area contributed by atoms with Crippen LogP contribution in [0.2, 0.25) is 0 Å². The molecule has 2 aliphatic rings. The maximum absolute atomic E-state index is 12.6. The molecule has 2 aromatic rings. The fourth-order valence-electron chi connectivity index (χ4n) is 3.93. The average molecular weight is 407 g/mol. The lowest BCUT2D eigenvalue weighted by Gasteiger charge is -2.29. The van der Waals surface area contributed by atoms with Crippen molar-refractivity contribution in [2.75, 3.05) is 25.5 Å². The molecule has 7 nitrogen and oxygen atoms in total. The molecule has 7 heteroatoms. The summed E-state index contributed by atoms with van der Waals surface area (Å²) in [7, 11) is 2.07. The van der Waals surface area contributed by atoms with E-state index in [1.165, 1.54) is 5.56 Å². The maximum atomic E-state index is 12.6. The molecule has 1 N–H and O–H groups in total. The number of esters is 1. The topological polar surface area (TPSA) is 80.2 Å². The molecule has 0 spiro atoms. The number of hydrogen-bond donors (Lipinski definition) is 1. The van der Waals surface area contributed by atoms with Crippen LogP contribution in [0.5, 0.6) is 0 Å². The zero-order valence-electron chi connectivity index (χ0n) is 17.4. The Hall–Kier alpha value is -3.19. The number of anilines is 1. The van der Waals surface area contributed by atoms with Gasteiger partial charge in [0.2, 0.25) is 6.61 Å². The van der Waals surface area contributed by atoms with Gasteiger partial charge in [0.05, 0.1) is 11.8 Å². The van der Waals surface area contributed by atoms with Crippen LogP contribution in [0.1, 0.15) is 30.5 Å². The van der Waals surface area contributed by atoms with Crippen LogP contribution in [0.25, 0.3) is 11.1 Å². The zero-order chi connectivity index (χ0) is 21.3. The minimum atomic E-state index is -0.523. The van der Waals surface area contributed by atoms with Crippen LogP contribution in [0.15, 0.2) is 41.6 Å². The van der Waals surface area contributed by atoms with Gasteiger partial charge < -0.3 is 19.8 Å². The number of nitrogens with one attached hydrogen (secondary N) is 1. The van der Waals surface area contributed by atoms with E-state index in [9.17, 15) is 9.59 Å². The first-order valence-electron chi connectivity index (χ1n) is 10.1. The number of nitrogens with zero attached hydrogens (tertiary/aromatic N) is 2. The summed E-state index contributed by atoms with van der Waals surface area (Å²) < 4.78 is 5.04. The molecular formula is C23H25N3O4. The van der Waals surface area contributed by atoms with Crippen LogP contribution in [0.4, 0.5) is 5.69 Å². The molecule has 0 bridgehead atoms. The molecule has 0 saturated carbocycles. The average Bonchev–Trinajstić information content (AvgIpc) is 3.03. The Morgan fingerprint density at radius 3 is 2.70 bits per heavy atom. The Labute approximate surface area is 175 Å². The predicted octanol–water partition coefficient (Wildman–Crippen LogP) is 2.97. The Balaban J connectivity index is 1.73. The fourth-order valence-corrected chi connectivity index (χ4v) is 3.93. The molecule has 2 aliphatic heterocycles. The van der Waals surface area contributed by atoms with E-state index in [0.717, 1.165) is 41.9 Å². The van der Waals surface area contributed by atoms with E-state index in [2.05, 4.69) is 34.6 Å². The van der Waals surface area contributed by atoms with Gasteiger partial charge in [-0.15, -0.1) is 0 Å². The van der Waals surface area contributed by atoms with Crippen molar-refractivity contribution in [1.82, 2.24) is 4.90 Å². The third kappa shape index (κ3) is 3.93. The molecule has 2 heterocycles. The highest BCUT2D eigenvalue weighted by Gasteiger charge is 2.33. The normalized spacial score (nSPS) is 16.9. The lowest BCUT2D eigenvalue weighted by molar-refractivity contribution is -0.152. The number of rotatable bonds is 5. The molecule has 0 fully saturated rings. The lowest BCUT2D eigenvalue weighted by atomic mass is 9.87. The molecule has 156 valence electrons. The summed E-state index contributed by atoms with van der Waals surface area (Å²) in [5.41, 5.74) is 6.22. The number of oxime groups is 1. The number of fused-ring (bicyclic) bond motifs is 3. The highest BCUT2D eigenvalue weighted by molar-refractivity contribution is 6.54. The van der Waals surface area contributed by atoms with Crippen LogP contribution >= 0.6 is 0 Å². The van der Waals surface area contributed by atoms with E-state index in [0.29, 0.717) is 5.56 Å². The third-order valence-corrected chi connectivity index (χ3v) is 5.22. The quantitative estimate of drug-likeness (QED) is 0.609. The lowest BCUT2D eigenvalue weighted by Crippen LogP contribution is -2.27. The summed E-state index contributed by atoms with van der Waals surface area (Å²) in [6, 6.07) is 12.1. The minimum Gasteiger partial charge on any atom is -0.460 e. The van der Waals surface area contributed by atoms with E-state index in [1.807, 2.05) is 24.3 Å². The first kappa shape index (κ1) is 20.1. The second-order valence-corrected chi connectivity index (χ2v) is 7.86. The van der Waals surface area contributed by atoms with Crippen molar-refractivity contribution >= 4 is 23.3 Å². The van der Waals surface area contributed by atoms with Gasteiger partial charge in [-0.1, -0.05) is 35.5 Å². The fraction of sp³-hybridized carbons (Fsp3) is 0.348. The summed E-state index contributed by atoms with van der Waals surface area (Å²) >= 11 is 0. The zero-order valence-corrected chi connectivity index (χ0v) is 17.4. The molecule has 0 unspecified atom stereocenters. The molecule has 0 aliphatic carbocycles. The van der Waals surface area contributed by atoms with Gasteiger partial charge in [-0.2, -0.15) is 0 Å². The largest absolute Gasteiger partial charge is 0.460 e. The van der Waals surface area contributed by atoms with Crippen molar-refractivity contribution in [1.29, 1.82) is 0 Å². The first-order valence-corrected chi connectivity index (χ1v) is 10.1. The molecule has 4 rings (SSSR count). The van der Waals surface area contributed by atoms with Crippen molar-refractivity contribution in [3.63, 3.8) is 0 Å². The SMILES string of the molecule is CC(C)OC(=O)CO/N=C1\C(=O)Nc2c1cc(-c1ccccc1)c1c2CN(C)CC1. The second kappa shape index (κ2) is 8.28. The number of amides is 1. The molecule has 30 heavy (non-hydrogen) atoms. The molecule has 0 saturated heterocycles. The number of carbonyl (C=O) groups excluding carboxylic acids is 2. The van der Waals surface area contributed by atoms with Gasteiger partial charge in [-0.3, -0.25) is 4.79 Å². The van der Waals surface area contributed by atoms with Crippen LogP contribution in [-0.4, -0.2) is 48.8 Å². The summed E-state index contributed by atoms with van der Waals surface area (Å²) in [6.45, 7) is 4.88. The van der Waals surface area contributed by atoms with Gasteiger partial charge in [0, 0.05) is 18.7 Å². The monoisotopic (exact) mass is 407 g/mol. The van der Waals surface area contributed by atoms with E-state index >= 15 is 0 Å². The number of benzene rings is 2. The number of carbonyl (C=O) groups is 2. The van der Waals surface area contributed by atoms with E-state index in [1.54, 1.807) is 13.8 Å². The standard InChI is InChI=1S/C23H25N3O4/c1-14(2)30-20(27)13-29-25-22-18-11-17(15-7-5-4-6-8-15)16-9-10-26(3)12-19(16)21(18)24-23(22)28/h4-8,11,14H,9-10,12-13H2,1-3H3,(H,24,25,28). The molecule has 1 amide bonds. The molecule has 0 atom stereocenters. The summed E-state index contributed by atoms with van der Waals surface area (Å²) in [5.74, 6) is -0.854.